The van der Waals surface area contributed by atoms with Crippen molar-refractivity contribution in [3.8, 4) is 0 Å². The Morgan fingerprint density at radius 1 is 0.478 bits per heavy atom. The summed E-state index contributed by atoms with van der Waals surface area (Å²) in [6.07, 6.45) is 0.657. The number of hydrogen-bond acceptors (Lipinski definition) is 0. The molecule has 0 saturated carbocycles. The van der Waals surface area contributed by atoms with E-state index in [0.717, 1.165) is 0 Å². The molecular weight excluding hydrogens is 344 g/mol. The van der Waals surface area contributed by atoms with Crippen molar-refractivity contribution < 1.29 is 36.2 Å². The van der Waals surface area contributed by atoms with E-state index in [-0.39, 0.29) is 40.7 Å². The van der Waals surface area contributed by atoms with Crippen molar-refractivity contribution in [3.05, 3.63) is 0 Å². The maximum absolute atomic E-state index is 9.28. The summed E-state index contributed by atoms with van der Waals surface area (Å²) in [6.45, 7) is 15.2. The minimum Gasteiger partial charge on any atom is -0.283 e. The average Bonchev–Trinajstić information content (AvgIpc) is 2.38. The molecule has 139 valence electrons. The van der Waals surface area contributed by atoms with Gasteiger partial charge in [0.15, 0.2) is 12.8 Å². The van der Waals surface area contributed by atoms with E-state index in [4.69, 9.17) is 0 Å². The van der Waals surface area contributed by atoms with E-state index in [1.807, 2.05) is 55.4 Å². The van der Waals surface area contributed by atoms with Crippen LogP contribution in [0.25, 0.3) is 0 Å². The van der Waals surface area contributed by atoms with Gasteiger partial charge in [0.2, 0.25) is 0 Å². The van der Waals surface area contributed by atoms with E-state index in [2.05, 4.69) is 0 Å². The van der Waals surface area contributed by atoms with Crippen LogP contribution in [0.1, 0.15) is 68.2 Å². The van der Waals surface area contributed by atoms with Gasteiger partial charge in [-0.3, -0.25) is 19.2 Å². The second kappa shape index (κ2) is 13.6. The van der Waals surface area contributed by atoms with Gasteiger partial charge in [0.25, 0.3) is 0 Å². The van der Waals surface area contributed by atoms with Crippen molar-refractivity contribution in [2.75, 3.05) is 0 Å². The number of hydrogen-bond donors (Lipinski definition) is 0. The molecule has 0 aliphatic rings. The van der Waals surface area contributed by atoms with Gasteiger partial charge in [-0.1, -0.05) is 55.4 Å². The Balaban J connectivity index is -0.000000333. The maximum atomic E-state index is 9.28. The fourth-order valence-electron chi connectivity index (χ4n) is 1.19. The third-order valence-electron chi connectivity index (χ3n) is 3.39. The molecule has 0 aromatic rings. The molecule has 0 aromatic heterocycles. The summed E-state index contributed by atoms with van der Waals surface area (Å²) in [5.41, 5.74) is 0. The van der Waals surface area contributed by atoms with Crippen molar-refractivity contribution in [2.45, 2.75) is 68.2 Å². The normalized spacial score (nSPS) is 10.3. The molecule has 0 bridgehead atoms. The average molecular weight is 380 g/mol. The summed E-state index contributed by atoms with van der Waals surface area (Å²) in [5.74, 6) is 1.97. The monoisotopic (exact) mass is 379 g/mol. The molecule has 1 radical (unpaired) electrons. The van der Waals surface area contributed by atoms with Gasteiger partial charge in [0.05, 0.1) is 23.7 Å². The van der Waals surface area contributed by atoms with Crippen LogP contribution in [0.3, 0.4) is 0 Å². The van der Waals surface area contributed by atoms with Crippen LogP contribution in [0.5, 0.6) is 0 Å². The van der Waals surface area contributed by atoms with Crippen molar-refractivity contribution in [1.29, 1.82) is 0 Å². The molecular formula is C18H36CuO4+4. The summed E-state index contributed by atoms with van der Waals surface area (Å²) in [5, 5.41) is 0. The molecule has 0 aliphatic heterocycles. The molecule has 0 rings (SSSR count). The zero-order valence-electron chi connectivity index (χ0n) is 15.8. The first-order chi connectivity index (χ1) is 9.89. The Morgan fingerprint density at radius 3 is 0.696 bits per heavy atom. The van der Waals surface area contributed by atoms with Gasteiger partial charge in [0.1, 0.15) is 0 Å². The predicted molar refractivity (Wildman–Crippen MR) is 96.4 cm³/mol. The van der Waals surface area contributed by atoms with Crippen molar-refractivity contribution in [1.82, 2.24) is 0 Å². The molecule has 0 spiro atoms. The predicted octanol–water partition coefficient (Wildman–Crippen LogP) is 3.55. The second-order valence-electron chi connectivity index (χ2n) is 6.94. The van der Waals surface area contributed by atoms with Crippen LogP contribution in [0.15, 0.2) is 0 Å². The molecule has 0 heterocycles. The molecule has 0 atom stereocenters. The number of rotatable bonds is 8. The van der Waals surface area contributed by atoms with Crippen LogP contribution in [0, 0.1) is 23.7 Å². The number of ketones is 4. The van der Waals surface area contributed by atoms with Crippen LogP contribution in [0.4, 0.5) is 0 Å². The number of carbonyl (C=O) groups excluding carboxylic acids is 4. The van der Waals surface area contributed by atoms with Gasteiger partial charge >= 0.3 is 23.1 Å². The molecule has 0 fully saturated rings. The van der Waals surface area contributed by atoms with E-state index >= 15 is 0 Å². The van der Waals surface area contributed by atoms with Crippen LogP contribution in [-0.2, 0) is 17.1 Å². The van der Waals surface area contributed by atoms with Gasteiger partial charge in [-0.05, 0) is 0 Å². The van der Waals surface area contributed by atoms with Crippen molar-refractivity contribution in [2.24, 2.45) is 23.7 Å². The first-order valence-electron chi connectivity index (χ1n) is 8.08. The van der Waals surface area contributed by atoms with E-state index in [1.165, 1.54) is 0 Å². The summed E-state index contributed by atoms with van der Waals surface area (Å²) in [4.78, 5) is 37.1. The molecule has 0 amide bonds. The minimum atomic E-state index is 0. The molecule has 0 saturated heterocycles. The van der Waals surface area contributed by atoms with Crippen molar-refractivity contribution in [3.63, 3.8) is 0 Å². The van der Waals surface area contributed by atoms with Gasteiger partial charge in [-0.15, -0.1) is 0 Å². The van der Waals surface area contributed by atoms with Crippen LogP contribution < -0.4 is 0 Å². The largest absolute Gasteiger partial charge is 0.308 e. The molecule has 0 aromatic carbocycles. The van der Waals surface area contributed by atoms with Crippen LogP contribution in [-0.4, -0.2) is 42.3 Å². The van der Waals surface area contributed by atoms with E-state index in [9.17, 15) is 19.2 Å². The Morgan fingerprint density at radius 2 is 0.609 bits per heavy atom. The molecule has 4 N–H and O–H groups in total. The van der Waals surface area contributed by atoms with Gasteiger partial charge in [-0.2, -0.15) is 0 Å². The molecule has 0 aliphatic carbocycles. The van der Waals surface area contributed by atoms with E-state index < -0.39 is 0 Å². The second-order valence-corrected chi connectivity index (χ2v) is 6.94. The summed E-state index contributed by atoms with van der Waals surface area (Å²) >= 11 is 0. The SMILES string of the molecule is CC(C)C(=[OH+])CC(=[OH+])C(C)C.CC(C)C(=[OH+])CC(=[OH+])C(C)C.[Cu]. The fraction of sp³-hybridized carbons (Fsp3) is 0.778. The van der Waals surface area contributed by atoms with E-state index in [0.29, 0.717) is 36.0 Å². The third kappa shape index (κ3) is 14.5. The fourth-order valence-corrected chi connectivity index (χ4v) is 1.19. The zero-order chi connectivity index (χ0) is 18.0. The molecule has 23 heavy (non-hydrogen) atoms. The summed E-state index contributed by atoms with van der Waals surface area (Å²) in [7, 11) is 0. The van der Waals surface area contributed by atoms with E-state index in [1.54, 1.807) is 0 Å². The van der Waals surface area contributed by atoms with Crippen LogP contribution in [0.2, 0.25) is 0 Å². The van der Waals surface area contributed by atoms with Gasteiger partial charge in [0, 0.05) is 17.1 Å². The quantitative estimate of drug-likeness (QED) is 0.351. The summed E-state index contributed by atoms with van der Waals surface area (Å²) < 4.78 is 0. The Bertz CT molecular complexity index is 322. The Kier molecular flexibility index (Phi) is 16.0. The topological polar surface area (TPSA) is 85.6 Å². The van der Waals surface area contributed by atoms with Crippen molar-refractivity contribution >= 4 is 23.1 Å². The smallest absolute Gasteiger partial charge is 0.283 e. The summed E-state index contributed by atoms with van der Waals surface area (Å²) in [6, 6.07) is 0. The maximum Gasteiger partial charge on any atom is 0.308 e. The van der Waals surface area contributed by atoms with Gasteiger partial charge < -0.3 is 0 Å². The third-order valence-corrected chi connectivity index (χ3v) is 3.39. The first kappa shape index (κ1) is 27.1. The molecule has 5 heteroatoms. The Labute approximate surface area is 151 Å². The first-order valence-corrected chi connectivity index (χ1v) is 8.08. The minimum absolute atomic E-state index is 0. The standard InChI is InChI=1S/2C9H16O2.Cu/c2*1-6(2)8(10)5-9(11)7(3)4;/h2*6-7H,5H2,1-4H3;/p+4. The zero-order valence-corrected chi connectivity index (χ0v) is 16.8. The molecule has 4 nitrogen and oxygen atoms in total. The molecule has 0 unspecified atom stereocenters. The van der Waals surface area contributed by atoms with Gasteiger partial charge in [-0.25, -0.2) is 0 Å². The Hall–Kier alpha value is -0.801. The van der Waals surface area contributed by atoms with Crippen LogP contribution >= 0.6 is 0 Å².